The normalized spacial score (nSPS) is 11.0. The maximum atomic E-state index is 13.8. The maximum absolute atomic E-state index is 13.8. The molecule has 0 spiro atoms. The third-order valence-corrected chi connectivity index (χ3v) is 8.94. The van der Waals surface area contributed by atoms with Crippen LogP contribution >= 0.6 is 0 Å². The largest absolute Gasteiger partial charge is 0.493 e. The molecule has 0 saturated carbocycles. The minimum absolute atomic E-state index is 0.0534. The highest BCUT2D eigenvalue weighted by molar-refractivity contribution is 5.97. The van der Waals surface area contributed by atoms with E-state index < -0.39 is 5.97 Å². The van der Waals surface area contributed by atoms with Gasteiger partial charge in [-0.2, -0.15) is 0 Å². The lowest BCUT2D eigenvalue weighted by Gasteiger charge is -2.18. The Morgan fingerprint density at radius 1 is 0.778 bits per heavy atom. The molecule has 0 radical (unpaired) electrons. The number of halogens is 1. The van der Waals surface area contributed by atoms with Crippen LogP contribution in [0.5, 0.6) is 17.2 Å². The van der Waals surface area contributed by atoms with Crippen molar-refractivity contribution >= 4 is 33.9 Å². The van der Waals surface area contributed by atoms with E-state index in [-0.39, 0.29) is 59.8 Å². The summed E-state index contributed by atoms with van der Waals surface area (Å²) in [6.07, 6.45) is 1.47. The van der Waals surface area contributed by atoms with Crippen LogP contribution in [0, 0.1) is 5.82 Å². The van der Waals surface area contributed by atoms with E-state index in [2.05, 4.69) is 0 Å². The molecule has 0 bridgehead atoms. The number of esters is 2. The lowest BCUT2D eigenvalue weighted by Crippen LogP contribution is -2.11. The Bertz CT molecular complexity index is 2310. The zero-order chi connectivity index (χ0) is 38.0. The highest BCUT2D eigenvalue weighted by Gasteiger charge is 2.19. The molecule has 9 nitrogen and oxygen atoms in total. The third-order valence-electron chi connectivity index (χ3n) is 8.94. The Balaban J connectivity index is 1.21. The fourth-order valence-corrected chi connectivity index (χ4v) is 6.18. The summed E-state index contributed by atoms with van der Waals surface area (Å²) in [6.45, 7) is 4.97. The Labute approximate surface area is 312 Å². The van der Waals surface area contributed by atoms with Gasteiger partial charge in [0.15, 0.2) is 0 Å². The summed E-state index contributed by atoms with van der Waals surface area (Å²) in [5.74, 6) is 0.498. The molecule has 0 aliphatic heterocycles. The van der Waals surface area contributed by atoms with Crippen molar-refractivity contribution in [3.8, 4) is 28.4 Å². The average Bonchev–Trinajstić information content (AvgIpc) is 3.19. The Morgan fingerprint density at radius 2 is 1.54 bits per heavy atom. The highest BCUT2D eigenvalue weighted by atomic mass is 19.1. The van der Waals surface area contributed by atoms with E-state index in [1.807, 2.05) is 49.4 Å². The van der Waals surface area contributed by atoms with Gasteiger partial charge in [-0.3, -0.25) is 9.59 Å². The molecule has 0 fully saturated rings. The van der Waals surface area contributed by atoms with Crippen LogP contribution in [0.1, 0.15) is 53.7 Å². The van der Waals surface area contributed by atoms with Gasteiger partial charge in [-0.15, -0.1) is 0 Å². The van der Waals surface area contributed by atoms with Crippen LogP contribution < -0.4 is 19.6 Å². The summed E-state index contributed by atoms with van der Waals surface area (Å²) < 4.78 is 48.8. The summed E-state index contributed by atoms with van der Waals surface area (Å²) in [5.41, 5.74) is 4.71. The third kappa shape index (κ3) is 8.71. The summed E-state index contributed by atoms with van der Waals surface area (Å²) >= 11 is 0. The molecule has 0 N–H and O–H groups in total. The molecule has 10 heteroatoms. The molecule has 0 amide bonds. The number of carbonyl (C=O) groups excluding carboxylic acids is 2. The molecule has 6 aromatic rings. The molecule has 0 saturated heterocycles. The van der Waals surface area contributed by atoms with Crippen molar-refractivity contribution < 1.29 is 42.1 Å². The number of rotatable bonds is 16. The smallest absolute Gasteiger partial charge is 0.337 e. The van der Waals surface area contributed by atoms with E-state index in [1.54, 1.807) is 37.3 Å². The Hall–Kier alpha value is -6.16. The van der Waals surface area contributed by atoms with Crippen molar-refractivity contribution in [1.82, 2.24) is 0 Å². The lowest BCUT2D eigenvalue weighted by atomic mass is 10.00. The van der Waals surface area contributed by atoms with Crippen molar-refractivity contribution in [2.75, 3.05) is 26.9 Å². The first-order valence-corrected chi connectivity index (χ1v) is 17.9. The number of carbonyl (C=O) groups is 2. The van der Waals surface area contributed by atoms with Gasteiger partial charge >= 0.3 is 11.9 Å². The van der Waals surface area contributed by atoms with Crippen LogP contribution in [-0.4, -0.2) is 38.9 Å². The fourth-order valence-electron chi connectivity index (χ4n) is 6.18. The number of fused-ring (bicyclic) bond motifs is 2. The molecule has 0 unspecified atom stereocenters. The van der Waals surface area contributed by atoms with Crippen molar-refractivity contribution in [1.29, 1.82) is 0 Å². The van der Waals surface area contributed by atoms with Gasteiger partial charge in [-0.25, -0.2) is 9.18 Å². The van der Waals surface area contributed by atoms with Crippen LogP contribution in [-0.2, 0) is 33.7 Å². The van der Waals surface area contributed by atoms with Gasteiger partial charge < -0.3 is 28.1 Å². The van der Waals surface area contributed by atoms with E-state index >= 15 is 0 Å². The van der Waals surface area contributed by atoms with Crippen LogP contribution in [0.25, 0.3) is 33.1 Å². The minimum Gasteiger partial charge on any atom is -0.493 e. The number of methoxy groups -OCH3 is 1. The topological polar surface area (TPSA) is 110 Å². The van der Waals surface area contributed by atoms with Crippen LogP contribution in [0.15, 0.2) is 106 Å². The zero-order valence-corrected chi connectivity index (χ0v) is 30.4. The standard InChI is InChI=1S/C44H41FO9/c1-4-29-24-35(30-12-15-32(45)16-13-30)40(53-27-28-10-7-6-8-11-28)26-39(29)52-23-9-22-51-37-20-17-34-42(47)36-25-31(44(48)49-3)14-19-38(36)54-43(34)33(37)18-21-41(46)50-5-2/h6-8,10-17,19-20,24-26H,4-5,9,18,21-23,27H2,1-3H3. The second kappa shape index (κ2) is 17.6. The van der Waals surface area contributed by atoms with E-state index in [4.69, 9.17) is 28.1 Å². The van der Waals surface area contributed by atoms with Crippen molar-refractivity contribution in [3.05, 3.63) is 135 Å². The van der Waals surface area contributed by atoms with E-state index in [0.717, 1.165) is 22.3 Å². The van der Waals surface area contributed by atoms with Crippen molar-refractivity contribution in [2.24, 2.45) is 0 Å². The van der Waals surface area contributed by atoms with Gasteiger partial charge in [0.05, 0.1) is 43.3 Å². The molecule has 1 heterocycles. The van der Waals surface area contributed by atoms with Gasteiger partial charge in [0.25, 0.3) is 0 Å². The van der Waals surface area contributed by atoms with Crippen molar-refractivity contribution in [3.63, 3.8) is 0 Å². The zero-order valence-electron chi connectivity index (χ0n) is 30.4. The average molecular weight is 733 g/mol. The van der Waals surface area contributed by atoms with Crippen LogP contribution in [0.4, 0.5) is 4.39 Å². The molecule has 0 atom stereocenters. The number of aryl methyl sites for hydroxylation is 2. The number of ether oxygens (including phenoxy) is 5. The van der Waals surface area contributed by atoms with Gasteiger partial charge in [-0.05, 0) is 85.0 Å². The van der Waals surface area contributed by atoms with Crippen LogP contribution in [0.2, 0.25) is 0 Å². The van der Waals surface area contributed by atoms with E-state index in [1.165, 1.54) is 31.4 Å². The summed E-state index contributed by atoms with van der Waals surface area (Å²) in [5, 5.41) is 0.527. The molecule has 54 heavy (non-hydrogen) atoms. The first-order valence-electron chi connectivity index (χ1n) is 17.9. The van der Waals surface area contributed by atoms with Gasteiger partial charge in [0.1, 0.15) is 40.8 Å². The molecule has 6 rings (SSSR count). The quantitative estimate of drug-likeness (QED) is 0.0547. The molecular weight excluding hydrogens is 691 g/mol. The predicted octanol–water partition coefficient (Wildman–Crippen LogP) is 9.02. The molecule has 0 aliphatic rings. The Morgan fingerprint density at radius 3 is 2.26 bits per heavy atom. The first kappa shape index (κ1) is 37.6. The monoisotopic (exact) mass is 732 g/mol. The second-order valence-corrected chi connectivity index (χ2v) is 12.5. The summed E-state index contributed by atoms with van der Waals surface area (Å²) in [6, 6.07) is 27.9. The fraction of sp³-hybridized carbons (Fsp3) is 0.250. The first-order chi connectivity index (χ1) is 26.3. The van der Waals surface area contributed by atoms with Gasteiger partial charge in [0.2, 0.25) is 5.43 Å². The van der Waals surface area contributed by atoms with Gasteiger partial charge in [-0.1, -0.05) is 49.4 Å². The predicted molar refractivity (Wildman–Crippen MR) is 204 cm³/mol. The van der Waals surface area contributed by atoms with Gasteiger partial charge in [0, 0.05) is 30.0 Å². The molecule has 1 aromatic heterocycles. The van der Waals surface area contributed by atoms with E-state index in [9.17, 15) is 18.8 Å². The summed E-state index contributed by atoms with van der Waals surface area (Å²) in [4.78, 5) is 38.1. The molecular formula is C44H41FO9. The number of benzene rings is 5. The minimum atomic E-state index is -0.566. The number of hydrogen-bond acceptors (Lipinski definition) is 9. The maximum Gasteiger partial charge on any atom is 0.337 e. The molecule has 278 valence electrons. The summed E-state index contributed by atoms with van der Waals surface area (Å²) in [7, 11) is 1.27. The lowest BCUT2D eigenvalue weighted by molar-refractivity contribution is -0.143. The van der Waals surface area contributed by atoms with Crippen LogP contribution in [0.3, 0.4) is 0 Å². The Kier molecular flexibility index (Phi) is 12.2. The number of hydrogen-bond donors (Lipinski definition) is 0. The SMILES string of the molecule is CCOC(=O)CCc1c(OCCCOc2cc(OCc3ccccc3)c(-c3ccc(F)cc3)cc2CC)ccc2c(=O)c3cc(C(=O)OC)ccc3oc12. The second-order valence-electron chi connectivity index (χ2n) is 12.5. The van der Waals surface area contributed by atoms with Crippen molar-refractivity contribution in [2.45, 2.75) is 46.1 Å². The highest BCUT2D eigenvalue weighted by Crippen LogP contribution is 2.38. The molecule has 0 aliphatic carbocycles. The van der Waals surface area contributed by atoms with E-state index in [0.29, 0.717) is 59.8 Å². The molecule has 5 aromatic carbocycles.